The Balaban J connectivity index is 2.20. The number of nitrogens with zero attached hydrogens (tertiary/aromatic N) is 2. The van der Waals surface area contributed by atoms with Crippen molar-refractivity contribution >= 4 is 22.6 Å². The van der Waals surface area contributed by atoms with E-state index < -0.39 is 10.8 Å². The number of hydrogen-bond donors (Lipinski definition) is 2. The molecule has 0 unspecified atom stereocenters. The summed E-state index contributed by atoms with van der Waals surface area (Å²) in [6.45, 7) is 7.76. The Labute approximate surface area is 145 Å². The normalized spacial score (nSPS) is 13.4. The predicted octanol–water partition coefficient (Wildman–Crippen LogP) is 2.69. The van der Waals surface area contributed by atoms with Crippen molar-refractivity contribution in [2.75, 3.05) is 17.3 Å². The van der Waals surface area contributed by atoms with Crippen molar-refractivity contribution in [3.8, 4) is 5.69 Å². The number of urea groups is 1. The minimum absolute atomic E-state index is 0.172. The second-order valence-corrected chi connectivity index (χ2v) is 7.65. The molecule has 0 saturated carbocycles. The van der Waals surface area contributed by atoms with Gasteiger partial charge in [-0.3, -0.25) is 9.53 Å². The average molecular weight is 348 g/mol. The summed E-state index contributed by atoms with van der Waals surface area (Å²) in [5.74, 6) is 1.02. The highest BCUT2D eigenvalue weighted by Gasteiger charge is 2.13. The highest BCUT2D eigenvalue weighted by Crippen LogP contribution is 2.19. The van der Waals surface area contributed by atoms with Crippen LogP contribution >= 0.6 is 0 Å². The molecule has 0 aliphatic rings. The van der Waals surface area contributed by atoms with Crippen molar-refractivity contribution in [3.63, 3.8) is 0 Å². The first-order valence-corrected chi connectivity index (χ1v) is 9.50. The zero-order valence-electron chi connectivity index (χ0n) is 14.7. The Morgan fingerprint density at radius 2 is 1.83 bits per heavy atom. The number of carbonyl (C=O) groups is 1. The van der Waals surface area contributed by atoms with Crippen LogP contribution in [0, 0.1) is 20.8 Å². The van der Waals surface area contributed by atoms with Crippen molar-refractivity contribution in [1.82, 2.24) is 15.1 Å². The third kappa shape index (κ3) is 4.92. The van der Waals surface area contributed by atoms with Crippen molar-refractivity contribution in [2.45, 2.75) is 33.7 Å². The maximum absolute atomic E-state index is 12.2. The Bertz CT molecular complexity index is 750. The second kappa shape index (κ2) is 7.61. The zero-order valence-corrected chi connectivity index (χ0v) is 15.5. The predicted molar refractivity (Wildman–Crippen MR) is 98.3 cm³/mol. The molecule has 0 saturated heterocycles. The summed E-state index contributed by atoms with van der Waals surface area (Å²) >= 11 is 0. The highest BCUT2D eigenvalue weighted by molar-refractivity contribution is 7.84. The molecule has 0 bridgehead atoms. The van der Waals surface area contributed by atoms with E-state index in [0.717, 1.165) is 22.5 Å². The molecule has 1 heterocycles. The molecule has 1 aromatic heterocycles. The van der Waals surface area contributed by atoms with Gasteiger partial charge in [0.1, 0.15) is 5.82 Å². The van der Waals surface area contributed by atoms with E-state index in [1.54, 1.807) is 10.9 Å². The molecule has 2 aromatic rings. The molecular formula is C17H24N4O2S. The second-order valence-electron chi connectivity index (χ2n) is 6.17. The van der Waals surface area contributed by atoms with Gasteiger partial charge < -0.3 is 5.32 Å². The summed E-state index contributed by atoms with van der Waals surface area (Å²) in [5, 5.41) is 10.1. The molecule has 2 rings (SSSR count). The summed E-state index contributed by atoms with van der Waals surface area (Å²) < 4.78 is 12.9. The fraction of sp³-hybridized carbons (Fsp3) is 0.412. The Hall–Kier alpha value is -2.15. The van der Waals surface area contributed by atoms with Crippen LogP contribution in [0.2, 0.25) is 0 Å². The van der Waals surface area contributed by atoms with Crippen LogP contribution in [0.4, 0.5) is 10.6 Å². The van der Waals surface area contributed by atoms with Gasteiger partial charge in [-0.25, -0.2) is 9.48 Å². The molecule has 24 heavy (non-hydrogen) atoms. The van der Waals surface area contributed by atoms with Crippen LogP contribution in [0.25, 0.3) is 5.69 Å². The number of nitrogens with one attached hydrogen (secondary N) is 2. The van der Waals surface area contributed by atoms with E-state index in [2.05, 4.69) is 21.8 Å². The molecule has 0 aliphatic heterocycles. The molecule has 2 atom stereocenters. The van der Waals surface area contributed by atoms with E-state index in [1.165, 1.54) is 0 Å². The van der Waals surface area contributed by atoms with Crippen molar-refractivity contribution in [3.05, 3.63) is 41.1 Å². The summed E-state index contributed by atoms with van der Waals surface area (Å²) in [6, 6.07) is 7.44. The third-order valence-electron chi connectivity index (χ3n) is 3.39. The quantitative estimate of drug-likeness (QED) is 0.872. The maximum atomic E-state index is 12.2. The van der Waals surface area contributed by atoms with Gasteiger partial charge in [0.25, 0.3) is 0 Å². The molecule has 0 spiro atoms. The molecule has 6 nitrogen and oxygen atoms in total. The smallest absolute Gasteiger partial charge is 0.320 e. The summed E-state index contributed by atoms with van der Waals surface area (Å²) in [5.41, 5.74) is 3.98. The van der Waals surface area contributed by atoms with Crippen LogP contribution in [0.3, 0.4) is 0 Å². The highest BCUT2D eigenvalue weighted by atomic mass is 32.2. The van der Waals surface area contributed by atoms with Crippen LogP contribution in [0.5, 0.6) is 0 Å². The number of amides is 2. The topological polar surface area (TPSA) is 76.0 Å². The molecule has 0 fully saturated rings. The van der Waals surface area contributed by atoms with Crippen molar-refractivity contribution < 1.29 is 9.00 Å². The molecule has 130 valence electrons. The van der Waals surface area contributed by atoms with Crippen LogP contribution in [-0.4, -0.2) is 38.1 Å². The number of benzene rings is 1. The summed E-state index contributed by atoms with van der Waals surface area (Å²) in [4.78, 5) is 12.2. The lowest BCUT2D eigenvalue weighted by molar-refractivity contribution is 0.250. The zero-order chi connectivity index (χ0) is 17.9. The minimum atomic E-state index is -0.954. The lowest BCUT2D eigenvalue weighted by Gasteiger charge is -2.14. The summed E-state index contributed by atoms with van der Waals surface area (Å²) in [6.07, 6.45) is 1.62. The van der Waals surface area contributed by atoms with Gasteiger partial charge in [0.05, 0.1) is 11.4 Å². The Morgan fingerprint density at radius 1 is 1.21 bits per heavy atom. The van der Waals surface area contributed by atoms with Gasteiger partial charge in [-0.05, 0) is 51.0 Å². The number of aryl methyl sites for hydroxylation is 3. The fourth-order valence-electron chi connectivity index (χ4n) is 2.63. The van der Waals surface area contributed by atoms with E-state index in [0.29, 0.717) is 11.6 Å². The van der Waals surface area contributed by atoms with E-state index in [1.807, 2.05) is 45.9 Å². The lowest BCUT2D eigenvalue weighted by Crippen LogP contribution is -2.39. The monoisotopic (exact) mass is 348 g/mol. The van der Waals surface area contributed by atoms with Gasteiger partial charge in [0.2, 0.25) is 0 Å². The largest absolute Gasteiger partial charge is 0.334 e. The number of hydrogen-bond acceptors (Lipinski definition) is 3. The van der Waals surface area contributed by atoms with E-state index in [4.69, 9.17) is 0 Å². The Kier molecular flexibility index (Phi) is 5.77. The van der Waals surface area contributed by atoms with Gasteiger partial charge in [-0.15, -0.1) is 0 Å². The van der Waals surface area contributed by atoms with Crippen LogP contribution in [-0.2, 0) is 10.8 Å². The minimum Gasteiger partial charge on any atom is -0.334 e. The first kappa shape index (κ1) is 18.2. The Morgan fingerprint density at radius 3 is 2.42 bits per heavy atom. The van der Waals surface area contributed by atoms with Crippen molar-refractivity contribution in [2.24, 2.45) is 0 Å². The first-order valence-electron chi connectivity index (χ1n) is 7.77. The fourth-order valence-corrected chi connectivity index (χ4v) is 3.42. The standard InChI is InChI=1S/C17H24N4O2S/c1-11-6-12(2)8-15(7-11)21-16(9-13(3)20-21)19-17(22)18-14(4)10-24(5)23/h6-9,14H,10H2,1-5H3,(H2,18,19,22)/t14-,24+/m1/s1. The SMILES string of the molecule is Cc1cc(C)cc(-n2nc(C)cc2NC(=O)N[C@H](C)C[S@](C)=O)c1. The van der Waals surface area contributed by atoms with Crippen LogP contribution in [0.1, 0.15) is 23.7 Å². The average Bonchev–Trinajstić information content (AvgIpc) is 2.76. The molecule has 0 aliphatic carbocycles. The molecule has 2 amide bonds. The number of rotatable bonds is 5. The number of carbonyl (C=O) groups excluding carboxylic acids is 1. The molecule has 0 radical (unpaired) electrons. The van der Waals surface area contributed by atoms with E-state index in [-0.39, 0.29) is 12.1 Å². The van der Waals surface area contributed by atoms with Gasteiger partial charge in [-0.2, -0.15) is 5.10 Å². The lowest BCUT2D eigenvalue weighted by atomic mass is 10.1. The first-order chi connectivity index (χ1) is 11.2. The van der Waals surface area contributed by atoms with Crippen LogP contribution < -0.4 is 10.6 Å². The molecule has 7 heteroatoms. The van der Waals surface area contributed by atoms with Gasteiger partial charge >= 0.3 is 6.03 Å². The molecular weight excluding hydrogens is 324 g/mol. The molecule has 2 N–H and O–H groups in total. The van der Waals surface area contributed by atoms with Gasteiger partial charge in [-0.1, -0.05) is 6.07 Å². The van der Waals surface area contributed by atoms with Crippen LogP contribution in [0.15, 0.2) is 24.3 Å². The van der Waals surface area contributed by atoms with Gasteiger partial charge in [0.15, 0.2) is 0 Å². The van der Waals surface area contributed by atoms with Gasteiger partial charge in [0, 0.05) is 34.9 Å². The van der Waals surface area contributed by atoms with Crippen molar-refractivity contribution in [1.29, 1.82) is 0 Å². The van der Waals surface area contributed by atoms with E-state index in [9.17, 15) is 9.00 Å². The van der Waals surface area contributed by atoms with E-state index >= 15 is 0 Å². The summed E-state index contributed by atoms with van der Waals surface area (Å²) in [7, 11) is -0.954. The maximum Gasteiger partial charge on any atom is 0.320 e. The molecule has 1 aromatic carbocycles. The number of aromatic nitrogens is 2. The third-order valence-corrected chi connectivity index (χ3v) is 4.36. The number of anilines is 1.